The number of benzene rings is 1. The molecule has 0 saturated heterocycles. The molecule has 2 N–H and O–H groups in total. The summed E-state index contributed by atoms with van der Waals surface area (Å²) in [5.41, 5.74) is 0.599. The molecular weight excluding hydrogens is 290 g/mol. The van der Waals surface area contributed by atoms with Crippen LogP contribution in [0.5, 0.6) is 0 Å². The van der Waals surface area contributed by atoms with Crippen LogP contribution in [0.25, 0.3) is 0 Å². The van der Waals surface area contributed by atoms with Crippen molar-refractivity contribution in [2.75, 3.05) is 0 Å². The first-order valence-electron chi connectivity index (χ1n) is 7.35. The number of halogens is 1. The van der Waals surface area contributed by atoms with E-state index in [4.69, 9.17) is 11.6 Å². The number of rotatable bonds is 4. The molecule has 1 aliphatic rings. The van der Waals surface area contributed by atoms with Crippen LogP contribution in [0.1, 0.15) is 59.2 Å². The molecule has 4 nitrogen and oxygen atoms in total. The highest BCUT2D eigenvalue weighted by Gasteiger charge is 2.23. The molecule has 1 unspecified atom stereocenters. The number of hydrogen-bond acceptors (Lipinski definition) is 3. The molecule has 1 amide bonds. The van der Waals surface area contributed by atoms with E-state index >= 15 is 0 Å². The van der Waals surface area contributed by atoms with E-state index in [9.17, 15) is 14.7 Å². The minimum absolute atomic E-state index is 0.0875. The fourth-order valence-corrected chi connectivity index (χ4v) is 2.95. The minimum atomic E-state index is -0.869. The number of aliphatic hydroxyl groups excluding tert-OH is 1. The van der Waals surface area contributed by atoms with E-state index in [0.29, 0.717) is 11.8 Å². The Balaban J connectivity index is 2.04. The summed E-state index contributed by atoms with van der Waals surface area (Å²) in [5, 5.41) is 13.1. The fourth-order valence-electron chi connectivity index (χ4n) is 2.75. The third-order valence-corrected chi connectivity index (χ3v) is 4.33. The zero-order valence-electron chi connectivity index (χ0n) is 11.8. The number of nitrogens with one attached hydrogen (secondary N) is 1. The van der Waals surface area contributed by atoms with Gasteiger partial charge in [-0.2, -0.15) is 0 Å². The summed E-state index contributed by atoms with van der Waals surface area (Å²) in [6.07, 6.45) is 6.17. The number of amides is 1. The van der Waals surface area contributed by atoms with E-state index in [-0.39, 0.29) is 16.5 Å². The summed E-state index contributed by atoms with van der Waals surface area (Å²) < 4.78 is 0. The maximum Gasteiger partial charge on any atom is 0.254 e. The van der Waals surface area contributed by atoms with Gasteiger partial charge in [0.15, 0.2) is 0 Å². The highest BCUT2D eigenvalue weighted by molar-refractivity contribution is 6.34. The topological polar surface area (TPSA) is 66.4 Å². The lowest BCUT2D eigenvalue weighted by atomic mass is 9.98. The Labute approximate surface area is 129 Å². The van der Waals surface area contributed by atoms with Crippen LogP contribution >= 0.6 is 11.6 Å². The molecule has 0 heterocycles. The van der Waals surface area contributed by atoms with Crippen LogP contribution in [-0.2, 0) is 0 Å². The lowest BCUT2D eigenvalue weighted by molar-refractivity contribution is 0.0532. The van der Waals surface area contributed by atoms with Crippen LogP contribution < -0.4 is 5.32 Å². The zero-order chi connectivity index (χ0) is 15.2. The van der Waals surface area contributed by atoms with Crippen molar-refractivity contribution >= 4 is 23.8 Å². The SMILES string of the molecule is O=Cc1ccc(Cl)c(C(=O)NC(O)C2CCCCCC2)c1. The molecule has 1 fully saturated rings. The first-order valence-corrected chi connectivity index (χ1v) is 7.73. The van der Waals surface area contributed by atoms with Gasteiger partial charge in [-0.1, -0.05) is 43.4 Å². The molecule has 0 bridgehead atoms. The van der Waals surface area contributed by atoms with Crippen LogP contribution in [0.3, 0.4) is 0 Å². The third kappa shape index (κ3) is 4.29. The molecule has 5 heteroatoms. The second-order valence-electron chi connectivity index (χ2n) is 5.53. The van der Waals surface area contributed by atoms with Gasteiger partial charge in [-0.15, -0.1) is 0 Å². The molecule has 1 atom stereocenters. The van der Waals surface area contributed by atoms with E-state index < -0.39 is 12.1 Å². The molecule has 0 radical (unpaired) electrons. The molecule has 114 valence electrons. The largest absolute Gasteiger partial charge is 0.373 e. The summed E-state index contributed by atoms with van der Waals surface area (Å²) in [7, 11) is 0. The maximum absolute atomic E-state index is 12.2. The normalized spacial score (nSPS) is 17.8. The molecule has 0 aromatic heterocycles. The number of carbonyl (C=O) groups excluding carboxylic acids is 2. The zero-order valence-corrected chi connectivity index (χ0v) is 12.6. The van der Waals surface area contributed by atoms with Gasteiger partial charge in [-0.3, -0.25) is 9.59 Å². The van der Waals surface area contributed by atoms with Crippen LogP contribution in [0.15, 0.2) is 18.2 Å². The van der Waals surface area contributed by atoms with Gasteiger partial charge in [0, 0.05) is 11.5 Å². The first-order chi connectivity index (χ1) is 10.1. The quantitative estimate of drug-likeness (QED) is 0.510. The van der Waals surface area contributed by atoms with Crippen molar-refractivity contribution in [3.05, 3.63) is 34.3 Å². The first kappa shape index (κ1) is 16.0. The van der Waals surface area contributed by atoms with Gasteiger partial charge in [0.25, 0.3) is 5.91 Å². The van der Waals surface area contributed by atoms with E-state index in [2.05, 4.69) is 5.32 Å². The fraction of sp³-hybridized carbons (Fsp3) is 0.500. The van der Waals surface area contributed by atoms with Crippen LogP contribution in [0.2, 0.25) is 5.02 Å². The molecule has 1 aromatic rings. The van der Waals surface area contributed by atoms with Gasteiger partial charge in [0.2, 0.25) is 0 Å². The van der Waals surface area contributed by atoms with Crippen molar-refractivity contribution in [3.63, 3.8) is 0 Å². The van der Waals surface area contributed by atoms with E-state index in [0.717, 1.165) is 25.7 Å². The smallest absolute Gasteiger partial charge is 0.254 e. The van der Waals surface area contributed by atoms with Crippen LogP contribution in [0.4, 0.5) is 0 Å². The summed E-state index contributed by atoms with van der Waals surface area (Å²) in [4.78, 5) is 23.0. The Morgan fingerprint density at radius 2 is 1.95 bits per heavy atom. The van der Waals surface area contributed by atoms with Crippen molar-refractivity contribution < 1.29 is 14.7 Å². The molecule has 0 spiro atoms. The Morgan fingerprint density at radius 1 is 1.29 bits per heavy atom. The second-order valence-corrected chi connectivity index (χ2v) is 5.93. The summed E-state index contributed by atoms with van der Waals surface area (Å²) >= 11 is 5.99. The van der Waals surface area contributed by atoms with Crippen molar-refractivity contribution in [2.45, 2.75) is 44.8 Å². The Morgan fingerprint density at radius 3 is 2.57 bits per heavy atom. The highest BCUT2D eigenvalue weighted by atomic mass is 35.5. The second kappa shape index (κ2) is 7.57. The number of aliphatic hydroxyl groups is 1. The molecule has 1 aliphatic carbocycles. The van der Waals surface area contributed by atoms with Crippen molar-refractivity contribution in [1.29, 1.82) is 0 Å². The van der Waals surface area contributed by atoms with Gasteiger partial charge in [0.1, 0.15) is 12.5 Å². The molecule has 2 rings (SSSR count). The Hall–Kier alpha value is -1.39. The summed E-state index contributed by atoms with van der Waals surface area (Å²) in [6, 6.07) is 4.50. The van der Waals surface area contributed by atoms with E-state index in [1.165, 1.54) is 25.0 Å². The van der Waals surface area contributed by atoms with Crippen LogP contribution in [0, 0.1) is 5.92 Å². The summed E-state index contributed by atoms with van der Waals surface area (Å²) in [5.74, 6) is -0.357. The predicted octanol–water partition coefficient (Wildman–Crippen LogP) is 3.17. The van der Waals surface area contributed by atoms with Gasteiger partial charge in [0.05, 0.1) is 10.6 Å². The third-order valence-electron chi connectivity index (χ3n) is 4.00. The van der Waals surface area contributed by atoms with Crippen molar-refractivity contribution in [3.8, 4) is 0 Å². The molecular formula is C16H20ClNO3. The average molecular weight is 310 g/mol. The molecule has 1 saturated carbocycles. The minimum Gasteiger partial charge on any atom is -0.373 e. The van der Waals surface area contributed by atoms with Gasteiger partial charge in [-0.25, -0.2) is 0 Å². The van der Waals surface area contributed by atoms with Crippen molar-refractivity contribution in [2.24, 2.45) is 5.92 Å². The van der Waals surface area contributed by atoms with Crippen molar-refractivity contribution in [1.82, 2.24) is 5.32 Å². The Kier molecular flexibility index (Phi) is 5.76. The van der Waals surface area contributed by atoms with E-state index in [1.807, 2.05) is 0 Å². The Bertz CT molecular complexity index is 510. The average Bonchev–Trinajstić information content (AvgIpc) is 2.76. The molecule has 1 aromatic carbocycles. The standard InChI is InChI=1S/C16H20ClNO3/c17-14-8-7-11(10-19)9-13(14)16(21)18-15(20)12-5-3-1-2-4-6-12/h7-10,12,15,20H,1-6H2,(H,18,21). The number of aldehydes is 1. The maximum atomic E-state index is 12.2. The lowest BCUT2D eigenvalue weighted by Crippen LogP contribution is -2.40. The monoisotopic (exact) mass is 309 g/mol. The summed E-state index contributed by atoms with van der Waals surface area (Å²) in [6.45, 7) is 0. The van der Waals surface area contributed by atoms with Crippen LogP contribution in [-0.4, -0.2) is 23.5 Å². The lowest BCUT2D eigenvalue weighted by Gasteiger charge is -2.22. The predicted molar refractivity (Wildman–Crippen MR) is 81.5 cm³/mol. The van der Waals surface area contributed by atoms with E-state index in [1.54, 1.807) is 6.07 Å². The van der Waals surface area contributed by atoms with Gasteiger partial charge < -0.3 is 10.4 Å². The van der Waals surface area contributed by atoms with Gasteiger partial charge >= 0.3 is 0 Å². The number of hydrogen-bond donors (Lipinski definition) is 2. The van der Waals surface area contributed by atoms with Gasteiger partial charge in [-0.05, 0) is 25.0 Å². The highest BCUT2D eigenvalue weighted by Crippen LogP contribution is 2.25. The molecule has 21 heavy (non-hydrogen) atoms. The number of carbonyl (C=O) groups is 2. The molecule has 0 aliphatic heterocycles.